The highest BCUT2D eigenvalue weighted by Crippen LogP contribution is 2.36. The Morgan fingerprint density at radius 3 is 3.00 bits per heavy atom. The molecule has 2 aliphatic rings. The van der Waals surface area contributed by atoms with E-state index in [1.165, 1.54) is 24.6 Å². The highest BCUT2D eigenvalue weighted by Gasteiger charge is 2.29. The van der Waals surface area contributed by atoms with Gasteiger partial charge in [0.2, 0.25) is 0 Å². The Morgan fingerprint density at radius 2 is 2.24 bits per heavy atom. The summed E-state index contributed by atoms with van der Waals surface area (Å²) >= 11 is 3.66. The summed E-state index contributed by atoms with van der Waals surface area (Å²) < 4.78 is 0. The summed E-state index contributed by atoms with van der Waals surface area (Å²) in [5.41, 5.74) is 0.802. The molecule has 1 fully saturated rings. The zero-order valence-corrected chi connectivity index (χ0v) is 13.6. The molecule has 1 aromatic heterocycles. The van der Waals surface area contributed by atoms with Crippen molar-refractivity contribution in [3.05, 3.63) is 10.6 Å². The molecule has 0 saturated carbocycles. The summed E-state index contributed by atoms with van der Waals surface area (Å²) in [4.78, 5) is 19.4. The number of thiazole rings is 1. The lowest BCUT2D eigenvalue weighted by molar-refractivity contribution is -0.139. The maximum absolute atomic E-state index is 11.3. The largest absolute Gasteiger partial charge is 0.481 e. The number of hydrogen-bond acceptors (Lipinski definition) is 6. The fourth-order valence-electron chi connectivity index (χ4n) is 2.88. The molecular formula is C14H21N3O2S2. The fraction of sp³-hybridized carbons (Fsp3) is 0.714. The molecular weight excluding hydrogens is 306 g/mol. The van der Waals surface area contributed by atoms with E-state index in [1.807, 2.05) is 11.8 Å². The zero-order chi connectivity index (χ0) is 14.7. The monoisotopic (exact) mass is 327 g/mol. The predicted octanol–water partition coefficient (Wildman–Crippen LogP) is 2.11. The molecule has 0 aromatic carbocycles. The van der Waals surface area contributed by atoms with Crippen molar-refractivity contribution in [3.63, 3.8) is 0 Å². The molecule has 0 bridgehead atoms. The predicted molar refractivity (Wildman–Crippen MR) is 87.7 cm³/mol. The number of hydrogen-bond donors (Lipinski definition) is 2. The molecule has 2 heterocycles. The van der Waals surface area contributed by atoms with Gasteiger partial charge in [-0.1, -0.05) is 0 Å². The molecule has 5 nitrogen and oxygen atoms in total. The van der Waals surface area contributed by atoms with E-state index in [0.717, 1.165) is 48.1 Å². The Labute approximate surface area is 133 Å². The van der Waals surface area contributed by atoms with Crippen molar-refractivity contribution >= 4 is 34.2 Å². The van der Waals surface area contributed by atoms with Gasteiger partial charge >= 0.3 is 5.97 Å². The van der Waals surface area contributed by atoms with Gasteiger partial charge in [-0.15, -0.1) is 11.3 Å². The number of anilines is 1. The highest BCUT2D eigenvalue weighted by atomic mass is 32.2. The molecule has 1 saturated heterocycles. The van der Waals surface area contributed by atoms with Crippen LogP contribution in [0.1, 0.15) is 29.3 Å². The number of aliphatic carboxylic acids is 1. The lowest BCUT2D eigenvalue weighted by Crippen LogP contribution is -2.36. The van der Waals surface area contributed by atoms with Gasteiger partial charge in [0, 0.05) is 42.6 Å². The standard InChI is InChI=1S/C14H21N3O2S2/c18-13(19)10-2-1-3-11-12(10)16-14(21-11)15-4-5-17-6-8-20-9-7-17/h10H,1-9H2,(H,15,16)(H,18,19). The average Bonchev–Trinajstić information content (AvgIpc) is 2.90. The van der Waals surface area contributed by atoms with Crippen LogP contribution in [0.25, 0.3) is 0 Å². The number of thioether (sulfide) groups is 1. The van der Waals surface area contributed by atoms with Crippen molar-refractivity contribution in [2.45, 2.75) is 25.2 Å². The minimum Gasteiger partial charge on any atom is -0.481 e. The Hall–Kier alpha value is -0.790. The average molecular weight is 327 g/mol. The first-order chi connectivity index (χ1) is 10.2. The second-order valence-electron chi connectivity index (χ2n) is 5.49. The normalized spacial score (nSPS) is 22.8. The topological polar surface area (TPSA) is 65.5 Å². The number of nitrogens with zero attached hydrogens (tertiary/aromatic N) is 2. The third kappa shape index (κ3) is 3.70. The number of rotatable bonds is 5. The van der Waals surface area contributed by atoms with Crippen LogP contribution in [0.15, 0.2) is 0 Å². The smallest absolute Gasteiger partial charge is 0.312 e. The SMILES string of the molecule is O=C(O)C1CCCc2sc(NCCN3CCSCC3)nc21. The third-order valence-corrected chi connectivity index (χ3v) is 6.09. The number of carbonyl (C=O) groups is 1. The van der Waals surface area contributed by atoms with Gasteiger partial charge in [-0.25, -0.2) is 4.98 Å². The van der Waals surface area contributed by atoms with Gasteiger partial charge in [0.15, 0.2) is 5.13 Å². The van der Waals surface area contributed by atoms with E-state index in [9.17, 15) is 9.90 Å². The summed E-state index contributed by atoms with van der Waals surface area (Å²) in [6.45, 7) is 4.26. The molecule has 1 aliphatic heterocycles. The van der Waals surface area contributed by atoms with Crippen molar-refractivity contribution < 1.29 is 9.90 Å². The van der Waals surface area contributed by atoms with Crippen LogP contribution in [-0.4, -0.2) is 58.6 Å². The molecule has 21 heavy (non-hydrogen) atoms. The van der Waals surface area contributed by atoms with Crippen LogP contribution in [-0.2, 0) is 11.2 Å². The van der Waals surface area contributed by atoms with Crippen LogP contribution >= 0.6 is 23.1 Å². The molecule has 1 aromatic rings. The third-order valence-electron chi connectivity index (χ3n) is 4.06. The van der Waals surface area contributed by atoms with Crippen molar-refractivity contribution in [3.8, 4) is 0 Å². The molecule has 0 radical (unpaired) electrons. The fourth-order valence-corrected chi connectivity index (χ4v) is 4.95. The molecule has 1 unspecified atom stereocenters. The van der Waals surface area contributed by atoms with Gasteiger partial charge in [-0.3, -0.25) is 9.69 Å². The number of carboxylic acid groups (broad SMARTS) is 1. The first-order valence-corrected chi connectivity index (χ1v) is 9.47. The molecule has 1 atom stereocenters. The number of aromatic nitrogens is 1. The van der Waals surface area contributed by atoms with E-state index >= 15 is 0 Å². The maximum Gasteiger partial charge on any atom is 0.312 e. The number of fused-ring (bicyclic) bond motifs is 1. The maximum atomic E-state index is 11.3. The van der Waals surface area contributed by atoms with Gasteiger partial charge in [0.25, 0.3) is 0 Å². The van der Waals surface area contributed by atoms with E-state index < -0.39 is 11.9 Å². The second-order valence-corrected chi connectivity index (χ2v) is 7.80. The summed E-state index contributed by atoms with van der Waals surface area (Å²) in [7, 11) is 0. The van der Waals surface area contributed by atoms with E-state index in [-0.39, 0.29) is 0 Å². The Kier molecular flexibility index (Phi) is 5.03. The van der Waals surface area contributed by atoms with Crippen molar-refractivity contribution in [2.24, 2.45) is 0 Å². The summed E-state index contributed by atoms with van der Waals surface area (Å²) in [5, 5.41) is 13.5. The van der Waals surface area contributed by atoms with Crippen LogP contribution in [0.3, 0.4) is 0 Å². The quantitative estimate of drug-likeness (QED) is 0.863. The van der Waals surface area contributed by atoms with Crippen LogP contribution in [0.4, 0.5) is 5.13 Å². The van der Waals surface area contributed by atoms with Crippen LogP contribution < -0.4 is 5.32 Å². The zero-order valence-electron chi connectivity index (χ0n) is 12.0. The first-order valence-electron chi connectivity index (χ1n) is 7.50. The van der Waals surface area contributed by atoms with Gasteiger partial charge in [0.1, 0.15) is 5.92 Å². The Bertz CT molecular complexity index is 500. The molecule has 0 amide bonds. The molecule has 1 aliphatic carbocycles. The van der Waals surface area contributed by atoms with E-state index in [2.05, 4.69) is 15.2 Å². The minimum atomic E-state index is -0.737. The Morgan fingerprint density at radius 1 is 1.43 bits per heavy atom. The number of carboxylic acids is 1. The van der Waals surface area contributed by atoms with Gasteiger partial charge in [-0.05, 0) is 19.3 Å². The summed E-state index contributed by atoms with van der Waals surface area (Å²) in [6, 6.07) is 0. The van der Waals surface area contributed by atoms with Crippen molar-refractivity contribution in [2.75, 3.05) is 43.0 Å². The van der Waals surface area contributed by atoms with Crippen molar-refractivity contribution in [1.29, 1.82) is 0 Å². The van der Waals surface area contributed by atoms with Gasteiger partial charge in [0.05, 0.1) is 5.69 Å². The first kappa shape index (κ1) is 15.1. The van der Waals surface area contributed by atoms with Crippen LogP contribution in [0.2, 0.25) is 0 Å². The molecule has 2 N–H and O–H groups in total. The van der Waals surface area contributed by atoms with E-state index in [0.29, 0.717) is 0 Å². The molecule has 116 valence electrons. The second kappa shape index (κ2) is 6.98. The number of nitrogens with one attached hydrogen (secondary N) is 1. The molecule has 7 heteroatoms. The van der Waals surface area contributed by atoms with Crippen molar-refractivity contribution in [1.82, 2.24) is 9.88 Å². The highest BCUT2D eigenvalue weighted by molar-refractivity contribution is 7.99. The summed E-state index contributed by atoms with van der Waals surface area (Å²) in [6.07, 6.45) is 2.65. The minimum absolute atomic E-state index is 0.403. The van der Waals surface area contributed by atoms with Crippen LogP contribution in [0.5, 0.6) is 0 Å². The molecule has 0 spiro atoms. The summed E-state index contributed by atoms with van der Waals surface area (Å²) in [5.74, 6) is 1.32. The lowest BCUT2D eigenvalue weighted by Gasteiger charge is -2.25. The number of aryl methyl sites for hydroxylation is 1. The molecule has 3 rings (SSSR count). The van der Waals surface area contributed by atoms with E-state index in [4.69, 9.17) is 0 Å². The van der Waals surface area contributed by atoms with Gasteiger partial charge < -0.3 is 10.4 Å². The lowest BCUT2D eigenvalue weighted by atomic mass is 9.91. The Balaban J connectivity index is 1.55. The van der Waals surface area contributed by atoms with Crippen LogP contribution in [0, 0.1) is 0 Å². The van der Waals surface area contributed by atoms with Gasteiger partial charge in [-0.2, -0.15) is 11.8 Å². The van der Waals surface area contributed by atoms with E-state index in [1.54, 1.807) is 11.3 Å².